The van der Waals surface area contributed by atoms with Gasteiger partial charge in [-0.05, 0) is 0 Å². The molecule has 12 heavy (non-hydrogen) atoms. The summed E-state index contributed by atoms with van der Waals surface area (Å²) in [6, 6.07) is 0. The van der Waals surface area contributed by atoms with E-state index in [4.69, 9.17) is 4.74 Å². The summed E-state index contributed by atoms with van der Waals surface area (Å²) in [7, 11) is 1.76. The number of rotatable bonds is 5. The van der Waals surface area contributed by atoms with E-state index in [0.29, 0.717) is 0 Å². The summed E-state index contributed by atoms with van der Waals surface area (Å²) in [4.78, 5) is 10.9. The molecule has 0 aliphatic heterocycles. The zero-order chi connectivity index (χ0) is 9.56. The smallest absolute Gasteiger partial charge is 0.335 e. The number of carbonyl (C=O) groups is 1. The van der Waals surface area contributed by atoms with Crippen molar-refractivity contribution in [3.05, 3.63) is 0 Å². The third-order valence-corrected chi connectivity index (χ3v) is 2.49. The van der Waals surface area contributed by atoms with Gasteiger partial charge in [0.1, 0.15) is 0 Å². The normalized spacial score (nSPS) is 15.2. The molecule has 0 fully saturated rings. The standard InChI is InChI=1S/C6H13O5P/c1-9-5(6(7)10-2)4-12(8)11-3/h5,12H,4H2,1-3H3. The monoisotopic (exact) mass is 196 g/mol. The molecule has 0 aromatic rings. The van der Waals surface area contributed by atoms with Crippen LogP contribution in [0.25, 0.3) is 0 Å². The highest BCUT2D eigenvalue weighted by Gasteiger charge is 2.20. The quantitative estimate of drug-likeness (QED) is 0.467. The van der Waals surface area contributed by atoms with Crippen LogP contribution >= 0.6 is 8.03 Å². The maximum absolute atomic E-state index is 10.9. The van der Waals surface area contributed by atoms with Gasteiger partial charge in [-0.15, -0.1) is 0 Å². The lowest BCUT2D eigenvalue weighted by molar-refractivity contribution is -0.150. The fourth-order valence-corrected chi connectivity index (χ4v) is 1.43. The second-order valence-electron chi connectivity index (χ2n) is 2.03. The molecular weight excluding hydrogens is 183 g/mol. The van der Waals surface area contributed by atoms with Crippen LogP contribution in [0.1, 0.15) is 0 Å². The van der Waals surface area contributed by atoms with Crippen LogP contribution in [0.4, 0.5) is 0 Å². The van der Waals surface area contributed by atoms with Gasteiger partial charge in [0.25, 0.3) is 0 Å². The summed E-state index contributed by atoms with van der Waals surface area (Å²) in [6.45, 7) is 0. The fourth-order valence-electron chi connectivity index (χ4n) is 0.629. The third kappa shape index (κ3) is 3.85. The summed E-state index contributed by atoms with van der Waals surface area (Å²) in [5.74, 6) is -0.534. The van der Waals surface area contributed by atoms with Crippen molar-refractivity contribution in [2.75, 3.05) is 27.5 Å². The molecule has 0 aromatic heterocycles. The van der Waals surface area contributed by atoms with Crippen molar-refractivity contribution in [2.45, 2.75) is 6.10 Å². The maximum Gasteiger partial charge on any atom is 0.335 e. The highest BCUT2D eigenvalue weighted by Crippen LogP contribution is 2.22. The zero-order valence-corrected chi connectivity index (χ0v) is 8.33. The molecule has 72 valence electrons. The van der Waals surface area contributed by atoms with Crippen molar-refractivity contribution in [3.63, 3.8) is 0 Å². The number of hydrogen-bond acceptors (Lipinski definition) is 5. The Morgan fingerprint density at radius 1 is 1.42 bits per heavy atom. The van der Waals surface area contributed by atoms with Gasteiger partial charge in [0.15, 0.2) is 14.1 Å². The Morgan fingerprint density at radius 2 is 2.00 bits per heavy atom. The molecule has 0 rings (SSSR count). The number of esters is 1. The number of methoxy groups -OCH3 is 2. The van der Waals surface area contributed by atoms with Crippen molar-refractivity contribution in [1.29, 1.82) is 0 Å². The van der Waals surface area contributed by atoms with Crippen molar-refractivity contribution in [2.24, 2.45) is 0 Å². The predicted molar refractivity (Wildman–Crippen MR) is 43.7 cm³/mol. The summed E-state index contributed by atoms with van der Waals surface area (Å²) < 4.78 is 24.6. The van der Waals surface area contributed by atoms with Gasteiger partial charge < -0.3 is 14.0 Å². The van der Waals surface area contributed by atoms with E-state index in [0.717, 1.165) is 0 Å². The molecule has 0 aromatic carbocycles. The predicted octanol–water partition coefficient (Wildman–Crippen LogP) is 0.295. The first-order chi connectivity index (χ1) is 5.65. The largest absolute Gasteiger partial charge is 0.467 e. The molecule has 0 radical (unpaired) electrons. The SMILES string of the molecule is COC(=O)C(C[PH](=O)OC)OC. The molecule has 0 amide bonds. The topological polar surface area (TPSA) is 61.8 Å². The minimum atomic E-state index is -2.17. The van der Waals surface area contributed by atoms with Gasteiger partial charge in [0, 0.05) is 14.2 Å². The molecule has 2 unspecified atom stereocenters. The number of ether oxygens (including phenoxy) is 2. The lowest BCUT2D eigenvalue weighted by atomic mass is 10.4. The second-order valence-corrected chi connectivity index (χ2v) is 3.59. The zero-order valence-electron chi connectivity index (χ0n) is 7.33. The van der Waals surface area contributed by atoms with E-state index < -0.39 is 20.1 Å². The lowest BCUT2D eigenvalue weighted by Gasteiger charge is -2.11. The summed E-state index contributed by atoms with van der Waals surface area (Å²) >= 11 is 0. The molecule has 0 aliphatic carbocycles. The van der Waals surface area contributed by atoms with Crippen molar-refractivity contribution >= 4 is 14.0 Å². The van der Waals surface area contributed by atoms with Gasteiger partial charge in [-0.2, -0.15) is 0 Å². The van der Waals surface area contributed by atoms with Gasteiger partial charge in [-0.25, -0.2) is 4.79 Å². The van der Waals surface area contributed by atoms with Crippen LogP contribution in [0.15, 0.2) is 0 Å². The molecule has 0 saturated heterocycles. The van der Waals surface area contributed by atoms with Crippen LogP contribution in [0.2, 0.25) is 0 Å². The molecule has 0 saturated carbocycles. The van der Waals surface area contributed by atoms with E-state index >= 15 is 0 Å². The van der Waals surface area contributed by atoms with Crippen molar-refractivity contribution < 1.29 is 23.4 Å². The summed E-state index contributed by atoms with van der Waals surface area (Å²) in [6.07, 6.45) is -0.731. The first-order valence-electron chi connectivity index (χ1n) is 3.33. The Kier molecular flexibility index (Phi) is 5.98. The summed E-state index contributed by atoms with van der Waals surface area (Å²) in [5.41, 5.74) is 0. The van der Waals surface area contributed by atoms with Crippen LogP contribution in [0.5, 0.6) is 0 Å². The first kappa shape index (κ1) is 11.6. The van der Waals surface area contributed by atoms with Gasteiger partial charge >= 0.3 is 5.97 Å². The minimum absolute atomic E-state index is 0.0599. The average Bonchev–Trinajstić information content (AvgIpc) is 2.12. The van der Waals surface area contributed by atoms with E-state index in [1.165, 1.54) is 21.3 Å². The van der Waals surface area contributed by atoms with Crippen molar-refractivity contribution in [3.8, 4) is 0 Å². The highest BCUT2D eigenvalue weighted by molar-refractivity contribution is 7.39. The molecule has 2 atom stereocenters. The Balaban J connectivity index is 3.99. The fraction of sp³-hybridized carbons (Fsp3) is 0.833. The minimum Gasteiger partial charge on any atom is -0.467 e. The number of hydrogen-bond donors (Lipinski definition) is 0. The Labute approximate surface area is 71.9 Å². The van der Waals surface area contributed by atoms with Gasteiger partial charge in [-0.1, -0.05) is 0 Å². The Morgan fingerprint density at radius 3 is 2.33 bits per heavy atom. The Bertz CT molecular complexity index is 169. The lowest BCUT2D eigenvalue weighted by Crippen LogP contribution is -2.26. The van der Waals surface area contributed by atoms with Crippen LogP contribution in [-0.2, 0) is 23.4 Å². The van der Waals surface area contributed by atoms with Gasteiger partial charge in [0.05, 0.1) is 13.3 Å². The van der Waals surface area contributed by atoms with Crippen LogP contribution < -0.4 is 0 Å². The maximum atomic E-state index is 10.9. The summed E-state index contributed by atoms with van der Waals surface area (Å²) in [5, 5.41) is 0. The Hall–Kier alpha value is -0.380. The average molecular weight is 196 g/mol. The molecular formula is C6H13O5P. The molecule has 6 heteroatoms. The van der Waals surface area contributed by atoms with E-state index in [1.807, 2.05) is 0 Å². The van der Waals surface area contributed by atoms with Crippen LogP contribution in [-0.4, -0.2) is 39.6 Å². The third-order valence-electron chi connectivity index (χ3n) is 1.33. The molecule has 5 nitrogen and oxygen atoms in total. The first-order valence-corrected chi connectivity index (χ1v) is 4.85. The van der Waals surface area contributed by atoms with Gasteiger partial charge in [-0.3, -0.25) is 4.57 Å². The van der Waals surface area contributed by atoms with Gasteiger partial charge in [0.2, 0.25) is 0 Å². The molecule has 0 spiro atoms. The van der Waals surface area contributed by atoms with Crippen LogP contribution in [0, 0.1) is 0 Å². The van der Waals surface area contributed by atoms with Crippen LogP contribution in [0.3, 0.4) is 0 Å². The second kappa shape index (κ2) is 6.17. The molecule has 0 N–H and O–H groups in total. The van der Waals surface area contributed by atoms with Crippen molar-refractivity contribution in [1.82, 2.24) is 0 Å². The van der Waals surface area contributed by atoms with E-state index in [1.54, 1.807) is 0 Å². The molecule has 0 aliphatic rings. The highest BCUT2D eigenvalue weighted by atomic mass is 31.1. The molecule has 0 heterocycles. The van der Waals surface area contributed by atoms with E-state index in [-0.39, 0.29) is 6.16 Å². The molecule has 0 bridgehead atoms. The number of carbonyl (C=O) groups excluding carboxylic acids is 1. The van der Waals surface area contributed by atoms with E-state index in [9.17, 15) is 9.36 Å². The van der Waals surface area contributed by atoms with E-state index in [2.05, 4.69) is 9.26 Å².